The van der Waals surface area contributed by atoms with Crippen LogP contribution in [0, 0.1) is 25.7 Å². The number of methoxy groups -OCH3 is 1. The summed E-state index contributed by atoms with van der Waals surface area (Å²) in [4.78, 5) is 0. The lowest BCUT2D eigenvalue weighted by Gasteiger charge is -1.94. The molecule has 0 saturated carbocycles. The monoisotopic (exact) mass is 452 g/mol. The van der Waals surface area contributed by atoms with Crippen LogP contribution in [0.25, 0.3) is 0 Å². The third kappa shape index (κ3) is 34.2. The van der Waals surface area contributed by atoms with E-state index < -0.39 is 0 Å². The Labute approximate surface area is 204 Å². The zero-order valence-electron chi connectivity index (χ0n) is 22.1. The van der Waals surface area contributed by atoms with Gasteiger partial charge in [-0.2, -0.15) is 0 Å². The van der Waals surface area contributed by atoms with E-state index in [0.29, 0.717) is 6.54 Å². The van der Waals surface area contributed by atoms with Gasteiger partial charge in [0, 0.05) is 20.1 Å². The normalized spacial score (nSPS) is 9.00. The van der Waals surface area contributed by atoms with Crippen molar-refractivity contribution in [3.8, 4) is 11.8 Å². The summed E-state index contributed by atoms with van der Waals surface area (Å²) in [6, 6.07) is 18.5. The molecule has 0 saturated heterocycles. The fourth-order valence-corrected chi connectivity index (χ4v) is 1.77. The number of hydrogen-bond acceptors (Lipinski definition) is 3. The van der Waals surface area contributed by atoms with E-state index in [2.05, 4.69) is 62.1 Å². The summed E-state index contributed by atoms with van der Waals surface area (Å²) in [7, 11) is 1.68. The lowest BCUT2D eigenvalue weighted by molar-refractivity contribution is 0.234. The molecule has 184 valence electrons. The van der Waals surface area contributed by atoms with Crippen molar-refractivity contribution < 1.29 is 4.74 Å². The van der Waals surface area contributed by atoms with Gasteiger partial charge in [0.2, 0.25) is 0 Å². The lowest BCUT2D eigenvalue weighted by atomic mass is 10.2. The highest BCUT2D eigenvalue weighted by molar-refractivity contribution is 5.20. The fraction of sp³-hybridized carbons (Fsp3) is 0.400. The van der Waals surface area contributed by atoms with Crippen molar-refractivity contribution in [3.05, 3.63) is 95.6 Å². The minimum Gasteiger partial charge on any atom is -0.381 e. The smallest absolute Gasteiger partial charge is 0.0643 e. The van der Waals surface area contributed by atoms with E-state index in [1.807, 2.05) is 70.2 Å². The second-order valence-electron chi connectivity index (χ2n) is 6.85. The number of benzene rings is 2. The van der Waals surface area contributed by atoms with Crippen LogP contribution in [0.2, 0.25) is 0 Å². The Morgan fingerprint density at radius 2 is 1.36 bits per heavy atom. The Morgan fingerprint density at radius 1 is 0.818 bits per heavy atom. The molecule has 0 radical (unpaired) electrons. The van der Waals surface area contributed by atoms with E-state index in [-0.39, 0.29) is 0 Å². The highest BCUT2D eigenvalue weighted by Gasteiger charge is 1.85. The molecule has 4 N–H and O–H groups in total. The summed E-state index contributed by atoms with van der Waals surface area (Å²) in [5.74, 6) is 5.72. The Bertz CT molecular complexity index is 719. The number of rotatable bonds is 5. The average Bonchev–Trinajstić information content (AvgIpc) is 2.85. The van der Waals surface area contributed by atoms with Gasteiger partial charge in [-0.25, -0.2) is 0 Å². The largest absolute Gasteiger partial charge is 0.381 e. The van der Waals surface area contributed by atoms with Gasteiger partial charge in [-0.05, 0) is 60.1 Å². The number of nitrogens with two attached hydrogens (primary N) is 2. The molecule has 2 aromatic rings. The molecule has 0 bridgehead atoms. The van der Waals surface area contributed by atoms with Crippen molar-refractivity contribution in [1.29, 1.82) is 0 Å². The van der Waals surface area contributed by atoms with Crippen LogP contribution >= 0.6 is 0 Å². The van der Waals surface area contributed by atoms with Gasteiger partial charge in [-0.15, -0.1) is 11.8 Å². The molecule has 2 rings (SSSR count). The molecule has 0 aliphatic heterocycles. The number of hydrogen-bond donors (Lipinski definition) is 2. The quantitative estimate of drug-likeness (QED) is 0.292. The Hall–Kier alpha value is -2.64. The van der Waals surface area contributed by atoms with Crippen molar-refractivity contribution >= 4 is 0 Å². The van der Waals surface area contributed by atoms with Crippen molar-refractivity contribution in [1.82, 2.24) is 0 Å². The van der Waals surface area contributed by atoms with Crippen LogP contribution in [0.4, 0.5) is 0 Å². The van der Waals surface area contributed by atoms with Crippen LogP contribution in [-0.2, 0) is 11.3 Å². The van der Waals surface area contributed by atoms with Crippen LogP contribution in [0.3, 0.4) is 0 Å². The molecular weight excluding hydrogens is 404 g/mol. The second kappa shape index (κ2) is 31.5. The van der Waals surface area contributed by atoms with Crippen molar-refractivity contribution in [2.24, 2.45) is 11.5 Å². The Morgan fingerprint density at radius 3 is 1.67 bits per heavy atom. The maximum atomic E-state index is 5.40. The predicted molar refractivity (Wildman–Crippen MR) is 149 cm³/mol. The maximum Gasteiger partial charge on any atom is 0.0643 e. The molecule has 0 fully saturated rings. The molecule has 0 unspecified atom stereocenters. The molecule has 0 heterocycles. The van der Waals surface area contributed by atoms with Crippen molar-refractivity contribution in [2.75, 3.05) is 20.3 Å². The standard InChI is InChI=1S/C8H11N.C7H8.C6H11N.C5H10O.C4H8/c1-7-2-4-8(6-9)5-3-7;1-7-5-3-2-4-6-7;1-2-3-4-5-6-7;1-3-4-5-6-2;1-3-4-2/h2-5H,6,9H2,1H3;2-6H,1H3;4-7H2,1H3;3-4H,5H2,1-2H3;3-4H,1-2H3/b;;;2*4-3+. The van der Waals surface area contributed by atoms with Gasteiger partial charge in [-0.3, -0.25) is 0 Å². The topological polar surface area (TPSA) is 61.3 Å². The summed E-state index contributed by atoms with van der Waals surface area (Å²) >= 11 is 0. The minimum absolute atomic E-state index is 0.639. The van der Waals surface area contributed by atoms with Crippen LogP contribution in [0.15, 0.2) is 78.9 Å². The first-order valence-corrected chi connectivity index (χ1v) is 11.5. The Balaban J connectivity index is -0.000000349. The maximum absolute atomic E-state index is 5.40. The van der Waals surface area contributed by atoms with Gasteiger partial charge in [0.25, 0.3) is 0 Å². The molecule has 33 heavy (non-hydrogen) atoms. The molecule has 0 aromatic heterocycles. The third-order valence-corrected chi connectivity index (χ3v) is 3.81. The molecule has 3 nitrogen and oxygen atoms in total. The van der Waals surface area contributed by atoms with E-state index in [0.717, 1.165) is 26.0 Å². The minimum atomic E-state index is 0.639. The first-order valence-electron chi connectivity index (χ1n) is 11.5. The van der Waals surface area contributed by atoms with Gasteiger partial charge < -0.3 is 16.2 Å². The molecule has 0 atom stereocenters. The summed E-state index contributed by atoms with van der Waals surface area (Å²) in [5, 5.41) is 0. The van der Waals surface area contributed by atoms with Crippen molar-refractivity contribution in [2.45, 2.75) is 60.9 Å². The molecule has 3 heteroatoms. The van der Waals surface area contributed by atoms with Gasteiger partial charge >= 0.3 is 0 Å². The molecule has 0 aliphatic carbocycles. The lowest BCUT2D eigenvalue weighted by Crippen LogP contribution is -1.96. The van der Waals surface area contributed by atoms with E-state index in [9.17, 15) is 0 Å². The van der Waals surface area contributed by atoms with Gasteiger partial charge in [0.1, 0.15) is 0 Å². The molecular formula is C30H48N2O. The summed E-state index contributed by atoms with van der Waals surface area (Å²) in [5.41, 5.74) is 14.4. The average molecular weight is 453 g/mol. The zero-order valence-corrected chi connectivity index (χ0v) is 22.1. The first kappa shape index (κ1) is 35.0. The van der Waals surface area contributed by atoms with E-state index in [1.54, 1.807) is 7.11 Å². The predicted octanol–water partition coefficient (Wildman–Crippen LogP) is 6.99. The number of allylic oxidation sites excluding steroid dienone is 3. The molecule has 0 spiro atoms. The molecule has 0 amide bonds. The summed E-state index contributed by atoms with van der Waals surface area (Å²) in [6.45, 7) is 14.1. The first-order chi connectivity index (χ1) is 16.0. The van der Waals surface area contributed by atoms with Gasteiger partial charge in [0.05, 0.1) is 6.61 Å². The summed E-state index contributed by atoms with van der Waals surface area (Å²) < 4.78 is 4.70. The SMILES string of the molecule is C/C=C/C.C/C=C/COC.CC#CCCCN.Cc1ccc(CN)cc1.Cc1ccccc1. The van der Waals surface area contributed by atoms with Gasteiger partial charge in [-0.1, -0.05) is 90.0 Å². The van der Waals surface area contributed by atoms with E-state index in [1.165, 1.54) is 16.7 Å². The second-order valence-corrected chi connectivity index (χ2v) is 6.85. The van der Waals surface area contributed by atoms with Gasteiger partial charge in [0.15, 0.2) is 0 Å². The molecule has 2 aromatic carbocycles. The highest BCUT2D eigenvalue weighted by atomic mass is 16.5. The fourth-order valence-electron chi connectivity index (χ4n) is 1.77. The molecule has 0 aliphatic rings. The summed E-state index contributed by atoms with van der Waals surface area (Å²) in [6.07, 6.45) is 9.90. The number of aryl methyl sites for hydroxylation is 2. The van der Waals surface area contributed by atoms with Crippen LogP contribution in [-0.4, -0.2) is 20.3 Å². The van der Waals surface area contributed by atoms with Crippen LogP contribution in [0.1, 0.15) is 57.2 Å². The highest BCUT2D eigenvalue weighted by Crippen LogP contribution is 2.00. The van der Waals surface area contributed by atoms with E-state index in [4.69, 9.17) is 16.2 Å². The van der Waals surface area contributed by atoms with E-state index >= 15 is 0 Å². The number of ether oxygens (including phenoxy) is 1. The van der Waals surface area contributed by atoms with Crippen LogP contribution in [0.5, 0.6) is 0 Å². The zero-order chi connectivity index (χ0) is 25.6. The number of unbranched alkanes of at least 4 members (excludes halogenated alkanes) is 1. The third-order valence-electron chi connectivity index (χ3n) is 3.81. The Kier molecular flexibility index (Phi) is 33.4. The van der Waals surface area contributed by atoms with Crippen LogP contribution < -0.4 is 11.5 Å². The van der Waals surface area contributed by atoms with Crippen molar-refractivity contribution in [3.63, 3.8) is 0 Å².